The molecule has 3 N–H and O–H groups in total. The zero-order valence-corrected chi connectivity index (χ0v) is 22.8. The lowest BCUT2D eigenvalue weighted by atomic mass is 10.2. The Kier molecular flexibility index (Phi) is 8.39. The topological polar surface area (TPSA) is 167 Å². The number of carbonyl (C=O) groups is 2. The summed E-state index contributed by atoms with van der Waals surface area (Å²) in [4.78, 5) is 50.8. The molecule has 1 aliphatic rings. The van der Waals surface area contributed by atoms with E-state index in [1.165, 1.54) is 0 Å². The Hall–Kier alpha value is -5.29. The SMILES string of the molecule is O=C(Cn1ccc(=O)[nH]c1=O)NCC(=O)NC(c1ccc2c(c1)OCO2)P(=O)(Oc1ccccc1)Oc1ccccc1. The van der Waals surface area contributed by atoms with Crippen LogP contribution in [-0.4, -0.2) is 34.7 Å². The number of nitrogens with one attached hydrogen (secondary N) is 3. The molecule has 0 bridgehead atoms. The Bertz CT molecular complexity index is 1700. The van der Waals surface area contributed by atoms with Gasteiger partial charge in [0.25, 0.3) is 5.56 Å². The van der Waals surface area contributed by atoms with E-state index in [-0.39, 0.29) is 18.3 Å². The van der Waals surface area contributed by atoms with Crippen LogP contribution in [0.25, 0.3) is 0 Å². The number of fused-ring (bicyclic) bond motifs is 1. The van der Waals surface area contributed by atoms with Crippen molar-refractivity contribution >= 4 is 19.4 Å². The fourth-order valence-electron chi connectivity index (χ4n) is 3.97. The number of para-hydroxylation sites is 2. The largest absolute Gasteiger partial charge is 0.457 e. The second kappa shape index (κ2) is 12.5. The van der Waals surface area contributed by atoms with Gasteiger partial charge in [0.2, 0.25) is 18.6 Å². The van der Waals surface area contributed by atoms with Crippen LogP contribution >= 0.6 is 7.60 Å². The van der Waals surface area contributed by atoms with Gasteiger partial charge in [-0.25, -0.2) is 9.36 Å². The Morgan fingerprint density at radius 1 is 0.881 bits per heavy atom. The van der Waals surface area contributed by atoms with Crippen molar-refractivity contribution in [1.82, 2.24) is 20.2 Å². The molecule has 4 aromatic rings. The summed E-state index contributed by atoms with van der Waals surface area (Å²) < 4.78 is 38.4. The van der Waals surface area contributed by atoms with E-state index in [2.05, 4.69) is 10.6 Å². The molecule has 216 valence electrons. The van der Waals surface area contributed by atoms with Crippen LogP contribution in [0.5, 0.6) is 23.0 Å². The van der Waals surface area contributed by atoms with Gasteiger partial charge >= 0.3 is 13.3 Å². The maximum atomic E-state index is 14.6. The number of hydrogen-bond acceptors (Lipinski definition) is 9. The number of rotatable bonds is 11. The molecule has 0 saturated heterocycles. The fraction of sp³-hybridized carbons (Fsp3) is 0.143. The highest BCUT2D eigenvalue weighted by atomic mass is 31.2. The molecule has 0 radical (unpaired) electrons. The van der Waals surface area contributed by atoms with E-state index in [1.54, 1.807) is 78.9 Å². The molecule has 14 heteroatoms. The van der Waals surface area contributed by atoms with Crippen molar-refractivity contribution in [3.8, 4) is 23.0 Å². The van der Waals surface area contributed by atoms with Crippen LogP contribution in [0.3, 0.4) is 0 Å². The summed E-state index contributed by atoms with van der Waals surface area (Å²) in [6.07, 6.45) is 1.16. The van der Waals surface area contributed by atoms with Crippen LogP contribution < -0.4 is 40.4 Å². The first kappa shape index (κ1) is 28.2. The lowest BCUT2D eigenvalue weighted by Gasteiger charge is -2.28. The molecule has 1 atom stereocenters. The van der Waals surface area contributed by atoms with E-state index in [4.69, 9.17) is 18.5 Å². The molecule has 1 aromatic heterocycles. The number of aromatic amines is 1. The van der Waals surface area contributed by atoms with Crippen molar-refractivity contribution < 1.29 is 32.7 Å². The van der Waals surface area contributed by atoms with Crippen LogP contribution in [-0.2, 0) is 20.7 Å². The third kappa shape index (κ3) is 6.88. The minimum absolute atomic E-state index is 0.00107. The van der Waals surface area contributed by atoms with Gasteiger partial charge in [0.05, 0.1) is 6.54 Å². The first-order valence-corrected chi connectivity index (χ1v) is 14.2. The third-order valence-electron chi connectivity index (χ3n) is 5.93. The normalized spacial score (nSPS) is 12.7. The molecule has 1 unspecified atom stereocenters. The van der Waals surface area contributed by atoms with Gasteiger partial charge in [-0.15, -0.1) is 0 Å². The quantitative estimate of drug-likeness (QED) is 0.222. The number of ether oxygens (including phenoxy) is 2. The number of H-pyrrole nitrogens is 1. The van der Waals surface area contributed by atoms with E-state index in [9.17, 15) is 23.7 Å². The predicted molar refractivity (Wildman–Crippen MR) is 150 cm³/mol. The van der Waals surface area contributed by atoms with E-state index in [0.717, 1.165) is 16.8 Å². The van der Waals surface area contributed by atoms with Gasteiger partial charge in [-0.2, -0.15) is 0 Å². The number of amides is 2. The number of hydrogen-bond donors (Lipinski definition) is 3. The molecule has 0 aliphatic carbocycles. The lowest BCUT2D eigenvalue weighted by Crippen LogP contribution is -2.41. The number of nitrogens with zero attached hydrogens (tertiary/aromatic N) is 1. The summed E-state index contributed by atoms with van der Waals surface area (Å²) >= 11 is 0. The molecule has 2 amide bonds. The van der Waals surface area contributed by atoms with Gasteiger partial charge in [-0.05, 0) is 42.0 Å². The van der Waals surface area contributed by atoms with Crippen molar-refractivity contribution in [2.45, 2.75) is 12.3 Å². The summed E-state index contributed by atoms with van der Waals surface area (Å²) in [6, 6.07) is 22.5. The maximum absolute atomic E-state index is 14.6. The van der Waals surface area contributed by atoms with Crippen LogP contribution in [0.15, 0.2) is 101 Å². The highest BCUT2D eigenvalue weighted by Crippen LogP contribution is 2.59. The minimum atomic E-state index is -4.31. The summed E-state index contributed by atoms with van der Waals surface area (Å²) in [5.41, 5.74) is -1.05. The van der Waals surface area contributed by atoms with Crippen LogP contribution in [0.2, 0.25) is 0 Å². The summed E-state index contributed by atoms with van der Waals surface area (Å²) in [7, 11) is -4.31. The summed E-state index contributed by atoms with van der Waals surface area (Å²) in [5.74, 6) is -1.46. The van der Waals surface area contributed by atoms with Gasteiger partial charge in [0.1, 0.15) is 18.0 Å². The van der Waals surface area contributed by atoms with E-state index < -0.39 is 49.5 Å². The predicted octanol–water partition coefficient (Wildman–Crippen LogP) is 2.55. The average Bonchev–Trinajstić information content (AvgIpc) is 3.45. The van der Waals surface area contributed by atoms with Crippen molar-refractivity contribution in [1.29, 1.82) is 0 Å². The van der Waals surface area contributed by atoms with Gasteiger partial charge in [0.15, 0.2) is 17.3 Å². The molecule has 1 aliphatic heterocycles. The molecule has 0 saturated carbocycles. The average molecular weight is 593 g/mol. The van der Waals surface area contributed by atoms with Gasteiger partial charge in [-0.3, -0.25) is 23.9 Å². The number of aromatic nitrogens is 2. The number of carbonyl (C=O) groups excluding carboxylic acids is 2. The molecular weight excluding hydrogens is 567 g/mol. The fourth-order valence-corrected chi connectivity index (χ4v) is 5.88. The van der Waals surface area contributed by atoms with Crippen LogP contribution in [0.1, 0.15) is 11.3 Å². The third-order valence-corrected chi connectivity index (χ3v) is 7.93. The second-order valence-electron chi connectivity index (χ2n) is 8.95. The molecule has 0 fully saturated rings. The molecular formula is C28H25N4O9P. The van der Waals surface area contributed by atoms with Crippen molar-refractivity contribution in [2.24, 2.45) is 0 Å². The minimum Gasteiger partial charge on any atom is -0.454 e. The smallest absolute Gasteiger partial charge is 0.454 e. The van der Waals surface area contributed by atoms with E-state index >= 15 is 0 Å². The summed E-state index contributed by atoms with van der Waals surface area (Å²) in [6.45, 7) is -0.977. The molecule has 2 heterocycles. The molecule has 5 rings (SSSR count). The van der Waals surface area contributed by atoms with Crippen molar-refractivity contribution in [3.05, 3.63) is 118 Å². The zero-order chi connectivity index (χ0) is 29.5. The van der Waals surface area contributed by atoms with Gasteiger partial charge in [0, 0.05) is 12.3 Å². The van der Waals surface area contributed by atoms with Gasteiger partial charge < -0.3 is 29.2 Å². The standard InChI is InChI=1S/C28H25N4O9P/c33-24-13-14-32(28(36)31-24)17-26(35)29-16-25(34)30-27(19-11-12-22-23(15-19)39-18-38-22)42(37,40-20-7-3-1-4-8-20)41-21-9-5-2-6-10-21/h1-15,27H,16-18H2,(H,29,35)(H,30,34)(H,31,33,36). The first-order valence-electron chi connectivity index (χ1n) is 12.6. The van der Waals surface area contributed by atoms with Crippen LogP contribution in [0.4, 0.5) is 0 Å². The molecule has 42 heavy (non-hydrogen) atoms. The Morgan fingerprint density at radius 3 is 2.17 bits per heavy atom. The van der Waals surface area contributed by atoms with Crippen molar-refractivity contribution in [2.75, 3.05) is 13.3 Å². The van der Waals surface area contributed by atoms with Crippen molar-refractivity contribution in [3.63, 3.8) is 0 Å². The number of benzene rings is 3. The Morgan fingerprint density at radius 2 is 1.52 bits per heavy atom. The van der Waals surface area contributed by atoms with E-state index in [0.29, 0.717) is 17.1 Å². The highest BCUT2D eigenvalue weighted by molar-refractivity contribution is 7.55. The van der Waals surface area contributed by atoms with Gasteiger partial charge in [-0.1, -0.05) is 42.5 Å². The lowest BCUT2D eigenvalue weighted by molar-refractivity contribution is -0.126. The Balaban J connectivity index is 1.41. The molecule has 0 spiro atoms. The van der Waals surface area contributed by atoms with E-state index in [1.807, 2.05) is 4.98 Å². The first-order chi connectivity index (χ1) is 20.3. The molecule has 13 nitrogen and oxygen atoms in total. The second-order valence-corrected chi connectivity index (χ2v) is 10.9. The molecule has 3 aromatic carbocycles. The van der Waals surface area contributed by atoms with Crippen LogP contribution in [0, 0.1) is 0 Å². The Labute approximate surface area is 238 Å². The maximum Gasteiger partial charge on any atom is 0.457 e. The highest BCUT2D eigenvalue weighted by Gasteiger charge is 2.42. The zero-order valence-electron chi connectivity index (χ0n) is 21.9. The monoisotopic (exact) mass is 592 g/mol. The summed E-state index contributed by atoms with van der Waals surface area (Å²) in [5, 5.41) is 5.07.